The first-order chi connectivity index (χ1) is 17.1. The van der Waals surface area contributed by atoms with E-state index in [0.29, 0.717) is 24.4 Å². The van der Waals surface area contributed by atoms with Crippen LogP contribution < -0.4 is 5.32 Å². The van der Waals surface area contributed by atoms with E-state index in [1.54, 1.807) is 6.92 Å². The molecule has 0 atom stereocenters. The number of nitrogens with zero attached hydrogens (tertiary/aromatic N) is 2. The van der Waals surface area contributed by atoms with Crippen LogP contribution in [0.15, 0.2) is 91.0 Å². The van der Waals surface area contributed by atoms with Crippen molar-refractivity contribution in [2.75, 3.05) is 11.9 Å². The third-order valence-electron chi connectivity index (χ3n) is 5.91. The molecule has 0 radical (unpaired) electrons. The molecule has 1 N–H and O–H groups in total. The van der Waals surface area contributed by atoms with E-state index in [-0.39, 0.29) is 18.3 Å². The van der Waals surface area contributed by atoms with Gasteiger partial charge in [0.1, 0.15) is 0 Å². The van der Waals surface area contributed by atoms with Crippen LogP contribution in [0.5, 0.6) is 0 Å². The van der Waals surface area contributed by atoms with Gasteiger partial charge in [-0.2, -0.15) is 5.10 Å². The molecule has 4 aromatic carbocycles. The van der Waals surface area contributed by atoms with Crippen LogP contribution in [-0.4, -0.2) is 28.3 Å². The van der Waals surface area contributed by atoms with E-state index in [1.807, 2.05) is 95.7 Å². The maximum atomic E-state index is 12.8. The van der Waals surface area contributed by atoms with Crippen molar-refractivity contribution >= 4 is 39.2 Å². The molecular formula is C29H25N3O3. The lowest BCUT2D eigenvalue weighted by molar-refractivity contribution is -0.142. The molecule has 174 valence electrons. The number of rotatable bonds is 7. The van der Waals surface area contributed by atoms with Gasteiger partial charge in [-0.05, 0) is 53.6 Å². The number of ether oxygens (including phenoxy) is 1. The Morgan fingerprint density at radius 2 is 1.63 bits per heavy atom. The number of esters is 1. The lowest BCUT2D eigenvalue weighted by Gasteiger charge is -2.08. The molecular weight excluding hydrogens is 438 g/mol. The highest BCUT2D eigenvalue weighted by molar-refractivity contribution is 6.06. The summed E-state index contributed by atoms with van der Waals surface area (Å²) in [7, 11) is 0. The molecule has 5 rings (SSSR count). The van der Waals surface area contributed by atoms with Gasteiger partial charge < -0.3 is 10.1 Å². The van der Waals surface area contributed by atoms with Crippen molar-refractivity contribution < 1.29 is 14.3 Å². The summed E-state index contributed by atoms with van der Waals surface area (Å²) in [6.45, 7) is 2.69. The van der Waals surface area contributed by atoms with Gasteiger partial charge in [0.2, 0.25) is 0 Å². The molecule has 6 nitrogen and oxygen atoms in total. The summed E-state index contributed by atoms with van der Waals surface area (Å²) >= 11 is 0. The van der Waals surface area contributed by atoms with E-state index in [4.69, 9.17) is 4.74 Å². The van der Waals surface area contributed by atoms with Crippen molar-refractivity contribution in [3.63, 3.8) is 0 Å². The molecule has 5 aromatic rings. The molecule has 6 heteroatoms. The minimum Gasteiger partial charge on any atom is -0.466 e. The number of carbonyl (C=O) groups is 2. The van der Waals surface area contributed by atoms with Crippen molar-refractivity contribution in [3.8, 4) is 0 Å². The van der Waals surface area contributed by atoms with Crippen molar-refractivity contribution in [2.24, 2.45) is 0 Å². The molecule has 1 aromatic heterocycles. The number of carbonyl (C=O) groups excluding carboxylic acids is 2. The van der Waals surface area contributed by atoms with E-state index in [0.717, 1.165) is 32.9 Å². The van der Waals surface area contributed by atoms with Crippen LogP contribution in [0.1, 0.15) is 28.5 Å². The Hall–Kier alpha value is -4.45. The first-order valence-electron chi connectivity index (χ1n) is 11.6. The number of para-hydroxylation sites is 1. The largest absolute Gasteiger partial charge is 0.466 e. The predicted molar refractivity (Wildman–Crippen MR) is 138 cm³/mol. The van der Waals surface area contributed by atoms with E-state index in [2.05, 4.69) is 10.4 Å². The summed E-state index contributed by atoms with van der Waals surface area (Å²) in [5, 5.41) is 10.7. The zero-order chi connectivity index (χ0) is 24.2. The molecule has 0 aliphatic heterocycles. The Morgan fingerprint density at radius 3 is 2.43 bits per heavy atom. The van der Waals surface area contributed by atoms with Gasteiger partial charge >= 0.3 is 5.97 Å². The number of benzene rings is 4. The fraction of sp³-hybridized carbons (Fsp3) is 0.138. The highest BCUT2D eigenvalue weighted by atomic mass is 16.5. The van der Waals surface area contributed by atoms with Gasteiger partial charge in [-0.3, -0.25) is 14.3 Å². The summed E-state index contributed by atoms with van der Waals surface area (Å²) in [5.41, 5.74) is 4.04. The Morgan fingerprint density at radius 1 is 0.886 bits per heavy atom. The molecule has 0 saturated carbocycles. The number of hydrogen-bond donors (Lipinski definition) is 1. The topological polar surface area (TPSA) is 73.2 Å². The van der Waals surface area contributed by atoms with Crippen LogP contribution in [0.4, 0.5) is 5.69 Å². The predicted octanol–water partition coefficient (Wildman–Crippen LogP) is 5.60. The molecule has 0 saturated heterocycles. The van der Waals surface area contributed by atoms with Crippen LogP contribution in [0.2, 0.25) is 0 Å². The molecule has 0 spiro atoms. The number of hydrogen-bond acceptors (Lipinski definition) is 4. The van der Waals surface area contributed by atoms with Crippen LogP contribution >= 0.6 is 0 Å². The molecule has 35 heavy (non-hydrogen) atoms. The Balaban J connectivity index is 1.31. The van der Waals surface area contributed by atoms with Gasteiger partial charge in [-0.1, -0.05) is 60.7 Å². The van der Waals surface area contributed by atoms with Gasteiger partial charge in [0.15, 0.2) is 0 Å². The molecule has 1 amide bonds. The first kappa shape index (κ1) is 22.3. The van der Waals surface area contributed by atoms with E-state index in [9.17, 15) is 9.59 Å². The van der Waals surface area contributed by atoms with Gasteiger partial charge in [-0.25, -0.2) is 0 Å². The third kappa shape index (κ3) is 4.92. The maximum absolute atomic E-state index is 12.8. The Bertz CT molecular complexity index is 1520. The fourth-order valence-corrected chi connectivity index (χ4v) is 4.20. The van der Waals surface area contributed by atoms with Gasteiger partial charge in [0.05, 0.1) is 30.8 Å². The number of nitrogens with one attached hydrogen (secondary N) is 1. The maximum Gasteiger partial charge on any atom is 0.311 e. The SMILES string of the molecule is CCOC(=O)Cc1nn(Cc2ccc(NC(=O)c3ccc4ccccc4c3)cc2)c2ccccc12. The van der Waals surface area contributed by atoms with Crippen LogP contribution in [0.3, 0.4) is 0 Å². The summed E-state index contributed by atoms with van der Waals surface area (Å²) in [6.07, 6.45) is 0.140. The van der Waals surface area contributed by atoms with Crippen molar-refractivity contribution in [2.45, 2.75) is 19.9 Å². The van der Waals surface area contributed by atoms with Crippen molar-refractivity contribution in [1.82, 2.24) is 9.78 Å². The molecule has 0 fully saturated rings. The molecule has 0 bridgehead atoms. The third-order valence-corrected chi connectivity index (χ3v) is 5.91. The smallest absolute Gasteiger partial charge is 0.311 e. The zero-order valence-electron chi connectivity index (χ0n) is 19.4. The van der Waals surface area contributed by atoms with Gasteiger partial charge in [0, 0.05) is 16.6 Å². The Labute approximate surface area is 203 Å². The molecule has 0 unspecified atom stereocenters. The number of aromatic nitrogens is 2. The second-order valence-corrected chi connectivity index (χ2v) is 8.32. The molecule has 0 aliphatic rings. The van der Waals surface area contributed by atoms with Crippen molar-refractivity contribution in [3.05, 3.63) is 108 Å². The lowest BCUT2D eigenvalue weighted by atomic mass is 10.1. The monoisotopic (exact) mass is 463 g/mol. The average Bonchev–Trinajstić information content (AvgIpc) is 3.22. The standard InChI is InChI=1S/C29H25N3O3/c1-2-35-28(33)18-26-25-9-5-6-10-27(25)32(31-26)19-20-11-15-24(16-12-20)30-29(34)23-14-13-21-7-3-4-8-22(21)17-23/h3-17H,2,18-19H2,1H3,(H,30,34). The minimum atomic E-state index is -0.283. The summed E-state index contributed by atoms with van der Waals surface area (Å²) < 4.78 is 6.99. The molecule has 0 aliphatic carbocycles. The average molecular weight is 464 g/mol. The quantitative estimate of drug-likeness (QED) is 0.319. The van der Waals surface area contributed by atoms with E-state index in [1.165, 1.54) is 0 Å². The summed E-state index contributed by atoms with van der Waals surface area (Å²) in [6, 6.07) is 29.2. The van der Waals surface area contributed by atoms with Crippen LogP contribution in [-0.2, 0) is 22.5 Å². The fourth-order valence-electron chi connectivity index (χ4n) is 4.20. The highest BCUT2D eigenvalue weighted by Gasteiger charge is 2.15. The zero-order valence-corrected chi connectivity index (χ0v) is 19.4. The summed E-state index contributed by atoms with van der Waals surface area (Å²) in [5.74, 6) is -0.431. The van der Waals surface area contributed by atoms with Crippen LogP contribution in [0.25, 0.3) is 21.7 Å². The van der Waals surface area contributed by atoms with Crippen molar-refractivity contribution in [1.29, 1.82) is 0 Å². The highest BCUT2D eigenvalue weighted by Crippen LogP contribution is 2.22. The first-order valence-corrected chi connectivity index (χ1v) is 11.6. The number of fused-ring (bicyclic) bond motifs is 2. The molecule has 1 heterocycles. The Kier molecular flexibility index (Phi) is 6.26. The second kappa shape index (κ2) is 9.81. The summed E-state index contributed by atoms with van der Waals surface area (Å²) in [4.78, 5) is 24.8. The number of anilines is 1. The van der Waals surface area contributed by atoms with Crippen LogP contribution in [0, 0.1) is 0 Å². The normalized spacial score (nSPS) is 11.0. The minimum absolute atomic E-state index is 0.140. The van der Waals surface area contributed by atoms with E-state index < -0.39 is 0 Å². The second-order valence-electron chi connectivity index (χ2n) is 8.32. The number of amides is 1. The van der Waals surface area contributed by atoms with Gasteiger partial charge in [-0.15, -0.1) is 0 Å². The van der Waals surface area contributed by atoms with E-state index >= 15 is 0 Å². The van der Waals surface area contributed by atoms with Gasteiger partial charge in [0.25, 0.3) is 5.91 Å². The lowest BCUT2D eigenvalue weighted by Crippen LogP contribution is -2.12.